The smallest absolute Gasteiger partial charge is 0.471 e. The number of benzene rings is 2. The molecule has 2 heterocycles. The summed E-state index contributed by atoms with van der Waals surface area (Å²) in [5, 5.41) is 3.27. The highest BCUT2D eigenvalue weighted by molar-refractivity contribution is 8.01. The van der Waals surface area contributed by atoms with Crippen LogP contribution in [0.5, 0.6) is 5.75 Å². The summed E-state index contributed by atoms with van der Waals surface area (Å²) in [6, 6.07) is 10.8. The number of hydrogen-bond donors (Lipinski definition) is 1. The minimum atomic E-state index is -4.96. The molecule has 1 saturated heterocycles. The monoisotopic (exact) mass is 635 g/mol. The van der Waals surface area contributed by atoms with Crippen LogP contribution >= 0.6 is 23.1 Å². The molecule has 1 aliphatic heterocycles. The molecule has 1 aromatic heterocycles. The Labute approximate surface area is 256 Å². The minimum Gasteiger partial charge on any atom is -0.496 e. The molecule has 0 saturated carbocycles. The molecule has 0 spiro atoms. The van der Waals surface area contributed by atoms with Gasteiger partial charge in [0.15, 0.2) is 5.13 Å². The predicted octanol–water partition coefficient (Wildman–Crippen LogP) is 5.16. The maximum atomic E-state index is 13.5. The Morgan fingerprint density at radius 2 is 1.81 bits per heavy atom. The first kappa shape index (κ1) is 32.3. The molecule has 9 nitrogen and oxygen atoms in total. The number of halogens is 3. The number of alkyl halides is 3. The van der Waals surface area contributed by atoms with E-state index in [9.17, 15) is 27.6 Å². The van der Waals surface area contributed by atoms with Crippen molar-refractivity contribution < 1.29 is 32.3 Å². The Hall–Kier alpha value is -3.62. The molecule has 4 rings (SSSR count). The van der Waals surface area contributed by atoms with Crippen molar-refractivity contribution in [3.63, 3.8) is 0 Å². The highest BCUT2D eigenvalue weighted by atomic mass is 32.2. The Morgan fingerprint density at radius 3 is 2.51 bits per heavy atom. The highest BCUT2D eigenvalue weighted by Crippen LogP contribution is 2.38. The third-order valence-corrected chi connectivity index (χ3v) is 8.82. The van der Waals surface area contributed by atoms with Crippen molar-refractivity contribution in [2.24, 2.45) is 0 Å². The van der Waals surface area contributed by atoms with Crippen molar-refractivity contribution in [3.05, 3.63) is 64.8 Å². The van der Waals surface area contributed by atoms with E-state index < -0.39 is 18.0 Å². The summed E-state index contributed by atoms with van der Waals surface area (Å²) >= 11 is 2.66. The van der Waals surface area contributed by atoms with Crippen LogP contribution in [-0.2, 0) is 11.3 Å². The quantitative estimate of drug-likeness (QED) is 0.366. The summed E-state index contributed by atoms with van der Waals surface area (Å²) in [7, 11) is 5.36. The molecular weight excluding hydrogens is 603 g/mol. The zero-order chi connectivity index (χ0) is 31.3. The van der Waals surface area contributed by atoms with Gasteiger partial charge in [0.2, 0.25) is 0 Å². The molecule has 2 aromatic carbocycles. The molecule has 0 unspecified atom stereocenters. The van der Waals surface area contributed by atoms with Crippen molar-refractivity contribution >= 4 is 46.0 Å². The van der Waals surface area contributed by atoms with Gasteiger partial charge >= 0.3 is 12.1 Å². The van der Waals surface area contributed by atoms with E-state index >= 15 is 0 Å². The number of aryl methyl sites for hydroxylation is 1. The lowest BCUT2D eigenvalue weighted by Gasteiger charge is -2.24. The van der Waals surface area contributed by atoms with Gasteiger partial charge in [-0.25, -0.2) is 4.98 Å². The van der Waals surface area contributed by atoms with Gasteiger partial charge in [0.05, 0.1) is 23.1 Å². The lowest BCUT2D eigenvalue weighted by Crippen LogP contribution is -2.43. The van der Waals surface area contributed by atoms with Crippen LogP contribution in [-0.4, -0.2) is 91.0 Å². The second kappa shape index (κ2) is 13.8. The maximum Gasteiger partial charge on any atom is 0.471 e. The van der Waals surface area contributed by atoms with Crippen LogP contribution in [0.1, 0.15) is 38.3 Å². The fourth-order valence-electron chi connectivity index (χ4n) is 4.60. The van der Waals surface area contributed by atoms with Gasteiger partial charge < -0.3 is 19.4 Å². The average Bonchev–Trinajstić information content (AvgIpc) is 3.24. The van der Waals surface area contributed by atoms with Crippen molar-refractivity contribution in [2.45, 2.75) is 35.2 Å². The summed E-state index contributed by atoms with van der Waals surface area (Å²) in [6.07, 6.45) is -3.10. The molecule has 1 aliphatic rings. The normalized spacial score (nSPS) is 14.0. The molecule has 43 heavy (non-hydrogen) atoms. The molecule has 230 valence electrons. The molecule has 3 aromatic rings. The summed E-state index contributed by atoms with van der Waals surface area (Å²) < 4.78 is 45.0. The van der Waals surface area contributed by atoms with Gasteiger partial charge in [0.25, 0.3) is 11.8 Å². The van der Waals surface area contributed by atoms with Crippen LogP contribution in [0.3, 0.4) is 0 Å². The van der Waals surface area contributed by atoms with Crippen molar-refractivity contribution in [2.75, 3.05) is 52.7 Å². The van der Waals surface area contributed by atoms with Gasteiger partial charge in [-0.3, -0.25) is 19.7 Å². The second-order valence-electron chi connectivity index (χ2n) is 10.2. The van der Waals surface area contributed by atoms with Gasteiger partial charge in [-0.1, -0.05) is 35.2 Å². The topological polar surface area (TPSA) is 95.1 Å². The summed E-state index contributed by atoms with van der Waals surface area (Å²) in [5.41, 5.74) is 2.65. The Morgan fingerprint density at radius 1 is 1.09 bits per heavy atom. The second-order valence-corrected chi connectivity index (χ2v) is 12.6. The number of thiazole rings is 1. The van der Waals surface area contributed by atoms with Crippen LogP contribution in [0.15, 0.2) is 51.7 Å². The summed E-state index contributed by atoms with van der Waals surface area (Å²) in [6.45, 7) is 2.45. The average molecular weight is 636 g/mol. The number of carbonyl (C=O) groups excluding carboxylic acids is 3. The van der Waals surface area contributed by atoms with Crippen LogP contribution in [0, 0.1) is 6.92 Å². The zero-order valence-corrected chi connectivity index (χ0v) is 25.8. The Balaban J connectivity index is 1.47. The van der Waals surface area contributed by atoms with E-state index in [1.807, 2.05) is 44.1 Å². The highest BCUT2D eigenvalue weighted by Gasteiger charge is 2.43. The number of anilines is 1. The van der Waals surface area contributed by atoms with Gasteiger partial charge in [-0.05, 0) is 62.8 Å². The van der Waals surface area contributed by atoms with Gasteiger partial charge in [0, 0.05) is 43.2 Å². The minimum absolute atomic E-state index is 0.0316. The number of ether oxygens (including phenoxy) is 1. The van der Waals surface area contributed by atoms with Crippen LogP contribution in [0.25, 0.3) is 0 Å². The van der Waals surface area contributed by atoms with E-state index in [-0.39, 0.29) is 44.1 Å². The molecule has 0 radical (unpaired) electrons. The van der Waals surface area contributed by atoms with E-state index in [2.05, 4.69) is 10.3 Å². The lowest BCUT2D eigenvalue weighted by molar-refractivity contribution is -0.185. The summed E-state index contributed by atoms with van der Waals surface area (Å²) in [4.78, 5) is 47.4. The van der Waals surface area contributed by atoms with Crippen LogP contribution in [0.2, 0.25) is 0 Å². The number of aromatic nitrogens is 1. The fraction of sp³-hybridized carbons (Fsp3) is 0.379. The van der Waals surface area contributed by atoms with E-state index in [0.29, 0.717) is 23.0 Å². The first-order chi connectivity index (χ1) is 20.3. The molecule has 0 bridgehead atoms. The number of amides is 3. The van der Waals surface area contributed by atoms with E-state index in [1.165, 1.54) is 35.1 Å². The molecular formula is C29H32F3N5O4S2. The number of nitrogens with one attached hydrogen (secondary N) is 1. The Kier molecular flexibility index (Phi) is 10.4. The van der Waals surface area contributed by atoms with Gasteiger partial charge in [-0.2, -0.15) is 13.2 Å². The molecule has 0 atom stereocenters. The van der Waals surface area contributed by atoms with Gasteiger partial charge in [-0.15, -0.1) is 0 Å². The standard InChI is InChI=1S/C29H32F3N5O4S2/c1-18-13-22(41-4)21(26(39)36-9-6-10-37(12-11-36)27(40)29(30,31)32)15-23(18)42-24-16-33-28(43-24)34-25(38)20-8-5-7-19(14-20)17-35(2)3/h5,7-8,13-16H,6,9-12,17H2,1-4H3,(H,33,34,38). The fourth-order valence-corrected chi connectivity index (χ4v) is 6.54. The SMILES string of the molecule is COc1cc(C)c(Sc2cnc(NC(=O)c3cccc(CN(C)C)c3)s2)cc1C(=O)N1CCCN(C(=O)C(F)(F)F)CC1. The van der Waals surface area contributed by atoms with E-state index in [0.717, 1.165) is 25.1 Å². The zero-order valence-electron chi connectivity index (χ0n) is 24.2. The third-order valence-electron chi connectivity index (χ3n) is 6.64. The number of carbonyl (C=O) groups is 3. The molecule has 3 amide bonds. The van der Waals surface area contributed by atoms with Crippen molar-refractivity contribution in [1.82, 2.24) is 19.7 Å². The number of rotatable bonds is 8. The molecule has 0 aliphatic carbocycles. The Bertz CT molecular complexity index is 1490. The van der Waals surface area contributed by atoms with Crippen LogP contribution < -0.4 is 10.1 Å². The lowest BCUT2D eigenvalue weighted by atomic mass is 10.1. The van der Waals surface area contributed by atoms with Crippen molar-refractivity contribution in [1.29, 1.82) is 0 Å². The molecule has 1 N–H and O–H groups in total. The number of hydrogen-bond acceptors (Lipinski definition) is 8. The molecule has 14 heteroatoms. The predicted molar refractivity (Wildman–Crippen MR) is 159 cm³/mol. The largest absolute Gasteiger partial charge is 0.496 e. The van der Waals surface area contributed by atoms with E-state index in [4.69, 9.17) is 4.74 Å². The summed E-state index contributed by atoms with van der Waals surface area (Å²) in [5.74, 6) is -2.22. The van der Waals surface area contributed by atoms with E-state index in [1.54, 1.807) is 24.4 Å². The van der Waals surface area contributed by atoms with Crippen molar-refractivity contribution in [3.8, 4) is 5.75 Å². The molecule has 1 fully saturated rings. The third kappa shape index (κ3) is 8.27. The maximum absolute atomic E-state index is 13.5. The van der Waals surface area contributed by atoms with Crippen LogP contribution in [0.4, 0.5) is 18.3 Å². The first-order valence-electron chi connectivity index (χ1n) is 13.4. The number of methoxy groups -OCH3 is 1. The number of nitrogens with zero attached hydrogens (tertiary/aromatic N) is 4. The van der Waals surface area contributed by atoms with Gasteiger partial charge in [0.1, 0.15) is 5.75 Å². The first-order valence-corrected chi connectivity index (χ1v) is 15.0.